The van der Waals surface area contributed by atoms with Gasteiger partial charge in [0.1, 0.15) is 0 Å². The van der Waals surface area contributed by atoms with E-state index >= 15 is 0 Å². The highest BCUT2D eigenvalue weighted by Gasteiger charge is 2.31. The molecule has 1 fully saturated rings. The first-order valence-corrected chi connectivity index (χ1v) is 6.32. The molecule has 1 heterocycles. The molecule has 0 bridgehead atoms. The zero-order valence-electron chi connectivity index (χ0n) is 10.8. The summed E-state index contributed by atoms with van der Waals surface area (Å²) in [5, 5.41) is 3.13. The van der Waals surface area contributed by atoms with E-state index in [1.165, 1.54) is 12.1 Å². The Morgan fingerprint density at radius 1 is 1.35 bits per heavy atom. The van der Waals surface area contributed by atoms with Crippen molar-refractivity contribution < 1.29 is 18.0 Å². The fraction of sp³-hybridized carbons (Fsp3) is 0.462. The number of hydrogen-bond acceptors (Lipinski definition) is 3. The van der Waals surface area contributed by atoms with Gasteiger partial charge in [-0.25, -0.2) is 0 Å². The third-order valence-electron chi connectivity index (χ3n) is 3.34. The van der Waals surface area contributed by atoms with E-state index in [1.807, 2.05) is 0 Å². The maximum absolute atomic E-state index is 12.5. The normalized spacial score (nSPS) is 20.0. The summed E-state index contributed by atoms with van der Waals surface area (Å²) >= 11 is 0. The Balaban J connectivity index is 2.16. The van der Waals surface area contributed by atoms with E-state index in [-0.39, 0.29) is 17.5 Å². The van der Waals surface area contributed by atoms with Gasteiger partial charge in [0.05, 0.1) is 11.6 Å². The highest BCUT2D eigenvalue weighted by molar-refractivity contribution is 5.94. The molecule has 1 aliphatic rings. The average molecular weight is 287 g/mol. The summed E-state index contributed by atoms with van der Waals surface area (Å²) in [7, 11) is 0. The molecule has 20 heavy (non-hydrogen) atoms. The minimum Gasteiger partial charge on any atom is -0.332 e. The first kappa shape index (κ1) is 14.8. The zero-order valence-corrected chi connectivity index (χ0v) is 10.8. The van der Waals surface area contributed by atoms with Crippen LogP contribution in [-0.2, 0) is 6.18 Å². The molecule has 1 aromatic rings. The lowest BCUT2D eigenvalue weighted by Gasteiger charge is -2.35. The van der Waals surface area contributed by atoms with Crippen molar-refractivity contribution in [2.24, 2.45) is 5.73 Å². The largest absolute Gasteiger partial charge is 0.416 e. The molecule has 0 spiro atoms. The minimum atomic E-state index is -4.39. The number of benzene rings is 1. The molecule has 1 saturated heterocycles. The van der Waals surface area contributed by atoms with Crippen LogP contribution in [0, 0.1) is 0 Å². The number of rotatable bonds is 2. The fourth-order valence-electron chi connectivity index (χ4n) is 2.21. The third kappa shape index (κ3) is 3.10. The topological polar surface area (TPSA) is 58.4 Å². The number of hydrogen-bond donors (Lipinski definition) is 2. The van der Waals surface area contributed by atoms with Crippen LogP contribution < -0.4 is 11.1 Å². The summed E-state index contributed by atoms with van der Waals surface area (Å²) in [5.74, 6) is -0.282. The van der Waals surface area contributed by atoms with Crippen molar-refractivity contribution in [3.05, 3.63) is 35.4 Å². The molecule has 7 heteroatoms. The van der Waals surface area contributed by atoms with E-state index in [4.69, 9.17) is 5.73 Å². The molecule has 1 atom stereocenters. The van der Waals surface area contributed by atoms with Crippen LogP contribution in [0.1, 0.15) is 15.9 Å². The van der Waals surface area contributed by atoms with Crippen LogP contribution in [0.3, 0.4) is 0 Å². The molecule has 0 radical (unpaired) electrons. The molecule has 1 aliphatic heterocycles. The maximum atomic E-state index is 12.5. The van der Waals surface area contributed by atoms with Crippen LogP contribution in [0.15, 0.2) is 24.3 Å². The van der Waals surface area contributed by atoms with Crippen molar-refractivity contribution in [3.63, 3.8) is 0 Å². The van der Waals surface area contributed by atoms with Gasteiger partial charge >= 0.3 is 6.18 Å². The molecular formula is C13H16F3N3O. The number of carbonyl (C=O) groups excluding carboxylic acids is 1. The van der Waals surface area contributed by atoms with Gasteiger partial charge in [0.15, 0.2) is 0 Å². The van der Waals surface area contributed by atoms with Crippen LogP contribution >= 0.6 is 0 Å². The molecule has 110 valence electrons. The smallest absolute Gasteiger partial charge is 0.332 e. The second kappa shape index (κ2) is 5.80. The predicted molar refractivity (Wildman–Crippen MR) is 68.2 cm³/mol. The molecule has 1 aromatic carbocycles. The van der Waals surface area contributed by atoms with Crippen molar-refractivity contribution in [1.29, 1.82) is 0 Å². The minimum absolute atomic E-state index is 0.126. The second-order valence-corrected chi connectivity index (χ2v) is 4.67. The third-order valence-corrected chi connectivity index (χ3v) is 3.34. The highest BCUT2D eigenvalue weighted by atomic mass is 19.4. The number of piperazine rings is 1. The van der Waals surface area contributed by atoms with Gasteiger partial charge in [0.2, 0.25) is 0 Å². The van der Waals surface area contributed by atoms with Gasteiger partial charge in [0.25, 0.3) is 5.91 Å². The van der Waals surface area contributed by atoms with E-state index in [1.54, 1.807) is 4.90 Å². The van der Waals surface area contributed by atoms with Crippen LogP contribution in [-0.4, -0.2) is 43.0 Å². The molecule has 4 nitrogen and oxygen atoms in total. The van der Waals surface area contributed by atoms with Crippen LogP contribution in [0.2, 0.25) is 0 Å². The summed E-state index contributed by atoms with van der Waals surface area (Å²) in [6.45, 7) is 2.08. The number of carbonyl (C=O) groups is 1. The first-order valence-electron chi connectivity index (χ1n) is 6.32. The highest BCUT2D eigenvalue weighted by Crippen LogP contribution is 2.29. The number of halogens is 3. The molecule has 0 aromatic heterocycles. The van der Waals surface area contributed by atoms with E-state index in [2.05, 4.69) is 5.32 Å². The first-order chi connectivity index (χ1) is 9.43. The van der Waals surface area contributed by atoms with Crippen molar-refractivity contribution in [2.75, 3.05) is 26.2 Å². The van der Waals surface area contributed by atoms with Crippen molar-refractivity contribution in [3.8, 4) is 0 Å². The molecule has 1 amide bonds. The number of nitrogens with zero attached hydrogens (tertiary/aromatic N) is 1. The Morgan fingerprint density at radius 3 is 2.55 bits per heavy atom. The summed E-state index contributed by atoms with van der Waals surface area (Å²) in [6.07, 6.45) is -4.39. The predicted octanol–water partition coefficient (Wildman–Crippen LogP) is 1.08. The average Bonchev–Trinajstić information content (AvgIpc) is 2.45. The maximum Gasteiger partial charge on any atom is 0.416 e. The number of alkyl halides is 3. The summed E-state index contributed by atoms with van der Waals surface area (Å²) in [4.78, 5) is 13.9. The Morgan fingerprint density at radius 2 is 2.00 bits per heavy atom. The van der Waals surface area contributed by atoms with E-state index in [9.17, 15) is 18.0 Å². The second-order valence-electron chi connectivity index (χ2n) is 4.67. The van der Waals surface area contributed by atoms with Crippen LogP contribution in [0.4, 0.5) is 13.2 Å². The SMILES string of the molecule is NCC1CNCCN1C(=O)c1ccc(C(F)(F)F)cc1. The van der Waals surface area contributed by atoms with Crippen molar-refractivity contribution in [1.82, 2.24) is 10.2 Å². The van der Waals surface area contributed by atoms with E-state index in [0.717, 1.165) is 12.1 Å². The summed E-state index contributed by atoms with van der Waals surface area (Å²) < 4.78 is 37.4. The van der Waals surface area contributed by atoms with Crippen LogP contribution in [0.5, 0.6) is 0 Å². The number of nitrogens with one attached hydrogen (secondary N) is 1. The number of amides is 1. The monoisotopic (exact) mass is 287 g/mol. The molecular weight excluding hydrogens is 271 g/mol. The van der Waals surface area contributed by atoms with Gasteiger partial charge in [0, 0.05) is 31.7 Å². The lowest BCUT2D eigenvalue weighted by molar-refractivity contribution is -0.137. The lowest BCUT2D eigenvalue weighted by atomic mass is 10.1. The molecule has 0 aliphatic carbocycles. The lowest BCUT2D eigenvalue weighted by Crippen LogP contribution is -2.56. The molecule has 0 saturated carbocycles. The number of nitrogens with two attached hydrogens (primary N) is 1. The van der Waals surface area contributed by atoms with Gasteiger partial charge < -0.3 is 16.0 Å². The van der Waals surface area contributed by atoms with E-state index < -0.39 is 11.7 Å². The summed E-state index contributed by atoms with van der Waals surface area (Å²) in [6, 6.07) is 4.14. The Kier molecular flexibility index (Phi) is 4.29. The molecule has 1 unspecified atom stereocenters. The Bertz CT molecular complexity index is 473. The van der Waals surface area contributed by atoms with Crippen molar-refractivity contribution in [2.45, 2.75) is 12.2 Å². The quantitative estimate of drug-likeness (QED) is 0.855. The van der Waals surface area contributed by atoms with Gasteiger partial charge in [-0.3, -0.25) is 4.79 Å². The van der Waals surface area contributed by atoms with Gasteiger partial charge in [-0.05, 0) is 24.3 Å². The van der Waals surface area contributed by atoms with Gasteiger partial charge in [-0.2, -0.15) is 13.2 Å². The Labute approximate surface area is 114 Å². The van der Waals surface area contributed by atoms with Gasteiger partial charge in [-0.15, -0.1) is 0 Å². The van der Waals surface area contributed by atoms with Crippen LogP contribution in [0.25, 0.3) is 0 Å². The zero-order chi connectivity index (χ0) is 14.8. The summed E-state index contributed by atoms with van der Waals surface area (Å²) in [5.41, 5.74) is 5.10. The van der Waals surface area contributed by atoms with Crippen molar-refractivity contribution >= 4 is 5.91 Å². The molecule has 2 rings (SSSR count). The van der Waals surface area contributed by atoms with E-state index in [0.29, 0.717) is 26.2 Å². The standard InChI is InChI=1S/C13H16F3N3O/c14-13(15,16)10-3-1-9(2-4-10)12(20)19-6-5-18-8-11(19)7-17/h1-4,11,18H,5-8,17H2. The molecule has 3 N–H and O–H groups in total. The Hall–Kier alpha value is -1.60. The van der Waals surface area contributed by atoms with Gasteiger partial charge in [-0.1, -0.05) is 0 Å². The fourth-order valence-corrected chi connectivity index (χ4v) is 2.21.